The topological polar surface area (TPSA) is 65.6 Å². The lowest BCUT2D eigenvalue weighted by Gasteiger charge is -2.24. The summed E-state index contributed by atoms with van der Waals surface area (Å²) >= 11 is 0. The number of para-hydroxylation sites is 2. The molecule has 1 saturated carbocycles. The van der Waals surface area contributed by atoms with Gasteiger partial charge in [-0.3, -0.25) is 9.36 Å². The fourth-order valence-electron chi connectivity index (χ4n) is 4.97. The van der Waals surface area contributed by atoms with Crippen molar-refractivity contribution >= 4 is 33.2 Å². The van der Waals surface area contributed by atoms with E-state index in [1.54, 1.807) is 0 Å². The molecule has 3 aromatic heterocycles. The summed E-state index contributed by atoms with van der Waals surface area (Å²) in [7, 11) is 0. The van der Waals surface area contributed by atoms with E-state index in [-0.39, 0.29) is 5.56 Å². The second-order valence-corrected chi connectivity index (χ2v) is 9.27. The summed E-state index contributed by atoms with van der Waals surface area (Å²) < 4.78 is 4.13. The number of hydrogen-bond donors (Lipinski definition) is 0. The molecule has 0 aliphatic heterocycles. The van der Waals surface area contributed by atoms with E-state index in [9.17, 15) is 4.79 Å². The number of aromatic nitrogens is 5. The predicted molar refractivity (Wildman–Crippen MR) is 126 cm³/mol. The van der Waals surface area contributed by atoms with Gasteiger partial charge in [0.2, 0.25) is 0 Å². The van der Waals surface area contributed by atoms with Crippen molar-refractivity contribution in [2.45, 2.75) is 78.3 Å². The van der Waals surface area contributed by atoms with E-state index in [4.69, 9.17) is 15.0 Å². The summed E-state index contributed by atoms with van der Waals surface area (Å²) in [6, 6.07) is 8.25. The molecule has 5 rings (SSSR count). The molecule has 162 valence electrons. The van der Waals surface area contributed by atoms with Gasteiger partial charge in [-0.25, -0.2) is 15.0 Å². The third-order valence-electron chi connectivity index (χ3n) is 6.66. The first-order valence-electron chi connectivity index (χ1n) is 11.8. The molecule has 3 heterocycles. The Hall–Kier alpha value is -2.76. The van der Waals surface area contributed by atoms with Crippen LogP contribution in [0.2, 0.25) is 0 Å². The molecule has 1 aliphatic carbocycles. The van der Waals surface area contributed by atoms with Crippen LogP contribution in [-0.2, 0) is 13.0 Å². The van der Waals surface area contributed by atoms with Gasteiger partial charge in [0.15, 0.2) is 11.3 Å². The first-order valence-corrected chi connectivity index (χ1v) is 11.8. The van der Waals surface area contributed by atoms with Gasteiger partial charge >= 0.3 is 0 Å². The number of benzene rings is 1. The van der Waals surface area contributed by atoms with Crippen LogP contribution < -0.4 is 5.56 Å². The number of rotatable bonds is 5. The van der Waals surface area contributed by atoms with Gasteiger partial charge in [-0.1, -0.05) is 52.2 Å². The molecular formula is C25H31N5O. The Morgan fingerprint density at radius 3 is 2.39 bits per heavy atom. The van der Waals surface area contributed by atoms with Crippen molar-refractivity contribution in [3.05, 3.63) is 40.4 Å². The van der Waals surface area contributed by atoms with Crippen LogP contribution in [0.3, 0.4) is 0 Å². The molecule has 0 radical (unpaired) electrons. The van der Waals surface area contributed by atoms with Crippen molar-refractivity contribution < 1.29 is 0 Å². The minimum absolute atomic E-state index is 0.0339. The van der Waals surface area contributed by atoms with E-state index in [1.165, 1.54) is 19.3 Å². The molecular weight excluding hydrogens is 386 g/mol. The average molecular weight is 418 g/mol. The molecule has 0 unspecified atom stereocenters. The minimum Gasteiger partial charge on any atom is -0.305 e. The van der Waals surface area contributed by atoms with Gasteiger partial charge < -0.3 is 4.57 Å². The highest BCUT2D eigenvalue weighted by Crippen LogP contribution is 2.35. The fraction of sp³-hybridized carbons (Fsp3) is 0.520. The molecule has 0 N–H and O–H groups in total. The Kier molecular flexibility index (Phi) is 5.24. The lowest BCUT2D eigenvalue weighted by Crippen LogP contribution is -2.26. The van der Waals surface area contributed by atoms with E-state index < -0.39 is 0 Å². The third-order valence-corrected chi connectivity index (χ3v) is 6.66. The quantitative estimate of drug-likeness (QED) is 0.436. The van der Waals surface area contributed by atoms with Gasteiger partial charge in [0, 0.05) is 19.0 Å². The summed E-state index contributed by atoms with van der Waals surface area (Å²) in [6.45, 7) is 7.15. The maximum absolute atomic E-state index is 13.8. The number of hydrogen-bond acceptors (Lipinski definition) is 4. The van der Waals surface area contributed by atoms with Crippen molar-refractivity contribution in [2.75, 3.05) is 0 Å². The molecule has 0 amide bonds. The highest BCUT2D eigenvalue weighted by molar-refractivity contribution is 6.04. The normalized spacial score (nSPS) is 15.6. The molecule has 31 heavy (non-hydrogen) atoms. The van der Waals surface area contributed by atoms with Crippen LogP contribution >= 0.6 is 0 Å². The molecule has 0 atom stereocenters. The molecule has 1 aliphatic rings. The maximum atomic E-state index is 13.8. The number of aryl methyl sites for hydroxylation is 1. The Balaban J connectivity index is 1.87. The summed E-state index contributed by atoms with van der Waals surface area (Å²) in [4.78, 5) is 28.8. The smallest absolute Gasteiger partial charge is 0.265 e. The average Bonchev–Trinajstić information content (AvgIpc) is 3.10. The van der Waals surface area contributed by atoms with Crippen LogP contribution in [0.4, 0.5) is 0 Å². The zero-order valence-electron chi connectivity index (χ0n) is 18.8. The lowest BCUT2D eigenvalue weighted by molar-refractivity contribution is 0.364. The van der Waals surface area contributed by atoms with E-state index in [0.29, 0.717) is 29.4 Å². The summed E-state index contributed by atoms with van der Waals surface area (Å²) in [6.07, 6.45) is 7.59. The van der Waals surface area contributed by atoms with Crippen LogP contribution in [0.25, 0.3) is 33.2 Å². The molecule has 6 heteroatoms. The second kappa shape index (κ2) is 8.06. The van der Waals surface area contributed by atoms with Crippen LogP contribution in [-0.4, -0.2) is 24.1 Å². The van der Waals surface area contributed by atoms with Crippen LogP contribution in [0.5, 0.6) is 0 Å². The van der Waals surface area contributed by atoms with E-state index >= 15 is 0 Å². The summed E-state index contributed by atoms with van der Waals surface area (Å²) in [5.41, 5.74) is 4.02. The summed E-state index contributed by atoms with van der Waals surface area (Å²) in [5.74, 6) is 1.39. The van der Waals surface area contributed by atoms with Crippen molar-refractivity contribution in [3.63, 3.8) is 0 Å². The van der Waals surface area contributed by atoms with Gasteiger partial charge in [-0.05, 0) is 37.3 Å². The highest BCUT2D eigenvalue weighted by atomic mass is 16.1. The standard InChI is InChI=1S/C25H31N5O/c1-4-20-28-23-21(25(31)29(20)15-14-16(2)3)22-24(30(23)17-10-6-5-7-11-17)27-19-13-9-8-12-18(19)26-22/h8-9,12-13,16-17H,4-7,10-11,14-15H2,1-3H3. The largest absolute Gasteiger partial charge is 0.305 e. The Labute approximate surface area is 182 Å². The Morgan fingerprint density at radius 1 is 1.00 bits per heavy atom. The fourth-order valence-corrected chi connectivity index (χ4v) is 4.97. The van der Waals surface area contributed by atoms with Gasteiger partial charge in [0.25, 0.3) is 5.56 Å². The molecule has 1 fully saturated rings. The van der Waals surface area contributed by atoms with Crippen molar-refractivity contribution in [3.8, 4) is 0 Å². The van der Waals surface area contributed by atoms with Gasteiger partial charge in [-0.2, -0.15) is 0 Å². The van der Waals surface area contributed by atoms with Crippen molar-refractivity contribution in [2.24, 2.45) is 5.92 Å². The molecule has 0 spiro atoms. The zero-order valence-corrected chi connectivity index (χ0v) is 18.8. The SMILES string of the molecule is CCc1nc2c(c(=O)n1CCC(C)C)c1nc3ccccc3nc1n2C1CCCCC1. The molecule has 0 bridgehead atoms. The predicted octanol–water partition coefficient (Wildman–Crippen LogP) is 5.41. The van der Waals surface area contributed by atoms with Crippen LogP contribution in [0.15, 0.2) is 29.1 Å². The monoisotopic (exact) mass is 417 g/mol. The van der Waals surface area contributed by atoms with Gasteiger partial charge in [-0.15, -0.1) is 0 Å². The van der Waals surface area contributed by atoms with Crippen LogP contribution in [0, 0.1) is 5.92 Å². The van der Waals surface area contributed by atoms with E-state index in [1.807, 2.05) is 28.8 Å². The van der Waals surface area contributed by atoms with Crippen molar-refractivity contribution in [1.82, 2.24) is 24.1 Å². The third kappa shape index (κ3) is 3.42. The first-order chi connectivity index (χ1) is 15.1. The first kappa shape index (κ1) is 20.2. The van der Waals surface area contributed by atoms with E-state index in [0.717, 1.165) is 53.8 Å². The lowest BCUT2D eigenvalue weighted by atomic mass is 9.95. The van der Waals surface area contributed by atoms with Gasteiger partial charge in [0.05, 0.1) is 11.0 Å². The molecule has 1 aromatic carbocycles. The highest BCUT2D eigenvalue weighted by Gasteiger charge is 2.26. The van der Waals surface area contributed by atoms with Gasteiger partial charge in [0.1, 0.15) is 16.7 Å². The Bertz CT molecular complexity index is 1310. The second-order valence-electron chi connectivity index (χ2n) is 9.27. The Morgan fingerprint density at radius 2 is 1.71 bits per heavy atom. The molecule has 0 saturated heterocycles. The molecule has 4 aromatic rings. The number of nitrogens with zero attached hydrogens (tertiary/aromatic N) is 5. The minimum atomic E-state index is 0.0339. The summed E-state index contributed by atoms with van der Waals surface area (Å²) in [5, 5.41) is 0.639. The maximum Gasteiger partial charge on any atom is 0.265 e. The molecule has 6 nitrogen and oxygen atoms in total. The van der Waals surface area contributed by atoms with E-state index in [2.05, 4.69) is 25.3 Å². The number of fused-ring (bicyclic) bond motifs is 4. The van der Waals surface area contributed by atoms with Crippen LogP contribution in [0.1, 0.15) is 71.2 Å². The zero-order chi connectivity index (χ0) is 21.5. The van der Waals surface area contributed by atoms with Crippen molar-refractivity contribution in [1.29, 1.82) is 0 Å².